The van der Waals surface area contributed by atoms with Crippen molar-refractivity contribution in [3.63, 3.8) is 0 Å². The number of methoxy groups -OCH3 is 1. The highest BCUT2D eigenvalue weighted by atomic mass is 16.5. The van der Waals surface area contributed by atoms with Gasteiger partial charge in [0.05, 0.1) is 12.8 Å². The number of aromatic nitrogens is 3. The van der Waals surface area contributed by atoms with Gasteiger partial charge in [-0.2, -0.15) is 0 Å². The Balaban J connectivity index is 1.16. The van der Waals surface area contributed by atoms with Gasteiger partial charge < -0.3 is 14.6 Å². The fourth-order valence-corrected chi connectivity index (χ4v) is 4.83. The summed E-state index contributed by atoms with van der Waals surface area (Å²) < 4.78 is 5.33. The Morgan fingerprint density at radius 1 is 0.889 bits per heavy atom. The molecule has 0 saturated carbocycles. The molecule has 0 aliphatic carbocycles. The largest absolute Gasteiger partial charge is 0.497 e. The standard InChI is InChI=1S/C29H27N5O2/c1-36-25-8-9-26-23(18-25)17-24(28(35)31-26)19-33-12-14-34(15-13-33)29-30-11-10-27(32-29)22-7-6-20-4-2-3-5-21(20)16-22/h2-11,16-18H,12-15,19H2,1H3,(H,31,35). The van der Waals surface area contributed by atoms with Crippen LogP contribution in [0.5, 0.6) is 5.75 Å². The molecule has 1 fully saturated rings. The molecule has 7 nitrogen and oxygen atoms in total. The number of nitrogens with one attached hydrogen (secondary N) is 1. The number of benzene rings is 3. The van der Waals surface area contributed by atoms with Crippen LogP contribution >= 0.6 is 0 Å². The molecule has 1 aliphatic rings. The van der Waals surface area contributed by atoms with Crippen molar-refractivity contribution in [2.45, 2.75) is 6.54 Å². The van der Waals surface area contributed by atoms with Crippen LogP contribution in [0.1, 0.15) is 5.56 Å². The first-order valence-corrected chi connectivity index (χ1v) is 12.2. The molecule has 1 N–H and O–H groups in total. The Labute approximate surface area is 209 Å². The van der Waals surface area contributed by atoms with E-state index in [2.05, 4.69) is 62.2 Å². The summed E-state index contributed by atoms with van der Waals surface area (Å²) in [6.45, 7) is 3.88. The molecule has 6 rings (SSSR count). The second-order valence-electron chi connectivity index (χ2n) is 9.14. The normalized spacial score (nSPS) is 14.4. The molecule has 7 heteroatoms. The van der Waals surface area contributed by atoms with Crippen LogP contribution in [0.25, 0.3) is 32.9 Å². The van der Waals surface area contributed by atoms with Crippen LogP contribution in [0.4, 0.5) is 5.95 Å². The minimum Gasteiger partial charge on any atom is -0.497 e. The van der Waals surface area contributed by atoms with Gasteiger partial charge in [-0.1, -0.05) is 36.4 Å². The molecule has 2 aromatic heterocycles. The molecule has 5 aromatic rings. The number of piperazine rings is 1. The summed E-state index contributed by atoms with van der Waals surface area (Å²) in [5.74, 6) is 1.52. The summed E-state index contributed by atoms with van der Waals surface area (Å²) in [5, 5.41) is 3.39. The van der Waals surface area contributed by atoms with E-state index in [1.165, 1.54) is 10.8 Å². The lowest BCUT2D eigenvalue weighted by atomic mass is 10.1. The maximum Gasteiger partial charge on any atom is 0.252 e. The van der Waals surface area contributed by atoms with Gasteiger partial charge in [0.25, 0.3) is 5.56 Å². The highest BCUT2D eigenvalue weighted by Gasteiger charge is 2.20. The molecular formula is C29H27N5O2. The SMILES string of the molecule is COc1ccc2[nH]c(=O)c(CN3CCN(c4nccc(-c5ccc6ccccc6c5)n4)CC3)cc2c1. The topological polar surface area (TPSA) is 74.4 Å². The quantitative estimate of drug-likeness (QED) is 0.403. The number of H-pyrrole nitrogens is 1. The van der Waals surface area contributed by atoms with Crippen LogP contribution in [0.3, 0.4) is 0 Å². The zero-order chi connectivity index (χ0) is 24.5. The average molecular weight is 478 g/mol. The van der Waals surface area contributed by atoms with E-state index in [9.17, 15) is 4.79 Å². The van der Waals surface area contributed by atoms with Gasteiger partial charge in [0.15, 0.2) is 0 Å². The minimum absolute atomic E-state index is 0.0403. The average Bonchev–Trinajstić information content (AvgIpc) is 2.93. The zero-order valence-electron chi connectivity index (χ0n) is 20.1. The predicted molar refractivity (Wildman–Crippen MR) is 144 cm³/mol. The number of anilines is 1. The van der Waals surface area contributed by atoms with E-state index in [1.54, 1.807) is 7.11 Å². The van der Waals surface area contributed by atoms with Gasteiger partial charge in [-0.15, -0.1) is 0 Å². The maximum atomic E-state index is 12.7. The number of nitrogens with zero attached hydrogens (tertiary/aromatic N) is 4. The Bertz CT molecular complexity index is 1610. The third kappa shape index (κ3) is 4.41. The molecule has 3 aromatic carbocycles. The summed E-state index contributed by atoms with van der Waals surface area (Å²) in [5.41, 5.74) is 3.55. The monoisotopic (exact) mass is 477 g/mol. The summed E-state index contributed by atoms with van der Waals surface area (Å²) >= 11 is 0. The Morgan fingerprint density at radius 3 is 2.56 bits per heavy atom. The second-order valence-corrected chi connectivity index (χ2v) is 9.14. The third-order valence-corrected chi connectivity index (χ3v) is 6.87. The van der Waals surface area contributed by atoms with Crippen molar-refractivity contribution < 1.29 is 4.74 Å². The summed E-state index contributed by atoms with van der Waals surface area (Å²) in [7, 11) is 1.65. The molecule has 0 atom stereocenters. The van der Waals surface area contributed by atoms with Crippen molar-refractivity contribution in [3.8, 4) is 17.0 Å². The fraction of sp³-hybridized carbons (Fsp3) is 0.207. The third-order valence-electron chi connectivity index (χ3n) is 6.87. The number of hydrogen-bond donors (Lipinski definition) is 1. The number of fused-ring (bicyclic) bond motifs is 2. The van der Waals surface area contributed by atoms with Gasteiger partial charge in [-0.25, -0.2) is 9.97 Å². The van der Waals surface area contributed by atoms with Crippen molar-refractivity contribution in [3.05, 3.63) is 94.9 Å². The lowest BCUT2D eigenvalue weighted by Crippen LogP contribution is -2.47. The molecule has 1 saturated heterocycles. The lowest BCUT2D eigenvalue weighted by Gasteiger charge is -2.34. The van der Waals surface area contributed by atoms with E-state index in [0.717, 1.165) is 65.6 Å². The zero-order valence-corrected chi connectivity index (χ0v) is 20.1. The van der Waals surface area contributed by atoms with Gasteiger partial charge in [-0.3, -0.25) is 9.69 Å². The fourth-order valence-electron chi connectivity index (χ4n) is 4.83. The van der Waals surface area contributed by atoms with Crippen LogP contribution in [0.15, 0.2) is 83.8 Å². The molecule has 1 aliphatic heterocycles. The number of aromatic amines is 1. The summed E-state index contributed by atoms with van der Waals surface area (Å²) in [4.78, 5) is 29.6. The molecule has 0 amide bonds. The van der Waals surface area contributed by atoms with Crippen molar-refractivity contribution in [1.29, 1.82) is 0 Å². The van der Waals surface area contributed by atoms with E-state index in [0.29, 0.717) is 6.54 Å². The molecular weight excluding hydrogens is 450 g/mol. The van der Waals surface area contributed by atoms with E-state index in [-0.39, 0.29) is 5.56 Å². The number of ether oxygens (including phenoxy) is 1. The Kier molecular flexibility index (Phi) is 5.83. The van der Waals surface area contributed by atoms with Crippen LogP contribution in [-0.2, 0) is 6.54 Å². The van der Waals surface area contributed by atoms with Crippen molar-refractivity contribution >= 4 is 27.6 Å². The van der Waals surface area contributed by atoms with Gasteiger partial charge in [0, 0.05) is 61.0 Å². The Hall–Kier alpha value is -4.23. The van der Waals surface area contributed by atoms with Gasteiger partial charge in [0.1, 0.15) is 5.75 Å². The molecule has 180 valence electrons. The Morgan fingerprint density at radius 2 is 1.72 bits per heavy atom. The van der Waals surface area contributed by atoms with Gasteiger partial charge in [0.2, 0.25) is 5.95 Å². The predicted octanol–water partition coefficient (Wildman–Crippen LogP) is 4.47. The first-order valence-electron chi connectivity index (χ1n) is 12.2. The molecule has 3 heterocycles. The molecule has 36 heavy (non-hydrogen) atoms. The van der Waals surface area contributed by atoms with Gasteiger partial charge >= 0.3 is 0 Å². The van der Waals surface area contributed by atoms with Crippen LogP contribution in [-0.4, -0.2) is 53.1 Å². The molecule has 0 radical (unpaired) electrons. The van der Waals surface area contributed by atoms with Crippen molar-refractivity contribution in [2.24, 2.45) is 0 Å². The highest BCUT2D eigenvalue weighted by Crippen LogP contribution is 2.25. The van der Waals surface area contributed by atoms with E-state index in [4.69, 9.17) is 9.72 Å². The number of pyridine rings is 1. The molecule has 0 unspecified atom stereocenters. The lowest BCUT2D eigenvalue weighted by molar-refractivity contribution is 0.248. The second kappa shape index (κ2) is 9.43. The molecule has 0 spiro atoms. The summed E-state index contributed by atoms with van der Waals surface area (Å²) in [6, 6.07) is 24.4. The van der Waals surface area contributed by atoms with E-state index >= 15 is 0 Å². The highest BCUT2D eigenvalue weighted by molar-refractivity contribution is 5.86. The number of rotatable bonds is 5. The van der Waals surface area contributed by atoms with Crippen molar-refractivity contribution in [1.82, 2.24) is 19.9 Å². The van der Waals surface area contributed by atoms with E-state index in [1.807, 2.05) is 36.5 Å². The van der Waals surface area contributed by atoms with Crippen LogP contribution < -0.4 is 15.2 Å². The minimum atomic E-state index is -0.0403. The first-order chi connectivity index (χ1) is 17.7. The first kappa shape index (κ1) is 22.2. The maximum absolute atomic E-state index is 12.7. The smallest absolute Gasteiger partial charge is 0.252 e. The number of hydrogen-bond acceptors (Lipinski definition) is 6. The van der Waals surface area contributed by atoms with E-state index < -0.39 is 0 Å². The molecule has 0 bridgehead atoms. The van der Waals surface area contributed by atoms with Crippen LogP contribution in [0.2, 0.25) is 0 Å². The van der Waals surface area contributed by atoms with Crippen LogP contribution in [0, 0.1) is 0 Å². The van der Waals surface area contributed by atoms with Crippen molar-refractivity contribution in [2.75, 3.05) is 38.2 Å². The summed E-state index contributed by atoms with van der Waals surface area (Å²) in [6.07, 6.45) is 1.84. The van der Waals surface area contributed by atoms with Gasteiger partial charge in [-0.05, 0) is 47.2 Å².